The normalized spacial score (nSPS) is 10.7. The predicted octanol–water partition coefficient (Wildman–Crippen LogP) is 3.22. The number of para-hydroxylation sites is 2. The van der Waals surface area contributed by atoms with Gasteiger partial charge in [0.25, 0.3) is 0 Å². The minimum absolute atomic E-state index is 0.102. The largest absolute Gasteiger partial charge is 0.397 e. The number of H-pyrrole nitrogens is 1. The molecule has 2 amide bonds. The number of nitrogens with one attached hydrogen (secondary N) is 3. The van der Waals surface area contributed by atoms with E-state index in [1.165, 1.54) is 6.08 Å². The fourth-order valence-corrected chi connectivity index (χ4v) is 2.57. The molecule has 0 atom stereocenters. The second kappa shape index (κ2) is 9.18. The number of nitrogens with two attached hydrogens (primary N) is 1. The summed E-state index contributed by atoms with van der Waals surface area (Å²) in [5, 5.41) is 5.58. The number of aryl methyl sites for hydroxylation is 1. The molecule has 0 spiro atoms. The van der Waals surface area contributed by atoms with Gasteiger partial charge in [0.1, 0.15) is 5.82 Å². The molecule has 0 fully saturated rings. The molecule has 0 aliphatic rings. The quantitative estimate of drug-likeness (QED) is 0.375. The highest BCUT2D eigenvalue weighted by atomic mass is 16.2. The Morgan fingerprint density at radius 2 is 1.96 bits per heavy atom. The number of anilines is 3. The third-order valence-corrected chi connectivity index (χ3v) is 3.96. The van der Waals surface area contributed by atoms with Crippen molar-refractivity contribution in [1.82, 2.24) is 9.97 Å². The van der Waals surface area contributed by atoms with Gasteiger partial charge in [-0.05, 0) is 35.9 Å². The van der Waals surface area contributed by atoms with E-state index in [2.05, 4.69) is 20.6 Å². The van der Waals surface area contributed by atoms with Gasteiger partial charge in [0.15, 0.2) is 0 Å². The van der Waals surface area contributed by atoms with Crippen LogP contribution in [-0.4, -0.2) is 21.8 Å². The third-order valence-electron chi connectivity index (χ3n) is 3.96. The number of nitrogen functional groups attached to an aromatic ring is 1. The van der Waals surface area contributed by atoms with Gasteiger partial charge in [0, 0.05) is 37.0 Å². The van der Waals surface area contributed by atoms with Crippen molar-refractivity contribution in [3.8, 4) is 0 Å². The molecule has 7 heteroatoms. The highest BCUT2D eigenvalue weighted by Crippen LogP contribution is 2.17. The van der Waals surface area contributed by atoms with E-state index in [0.717, 1.165) is 11.4 Å². The van der Waals surface area contributed by atoms with Crippen molar-refractivity contribution in [2.24, 2.45) is 0 Å². The summed E-state index contributed by atoms with van der Waals surface area (Å²) in [6.07, 6.45) is 7.35. The average molecular weight is 375 g/mol. The Balaban J connectivity index is 1.55. The second-order valence-corrected chi connectivity index (χ2v) is 6.12. The summed E-state index contributed by atoms with van der Waals surface area (Å²) in [5.41, 5.74) is 8.34. The van der Waals surface area contributed by atoms with E-state index in [-0.39, 0.29) is 11.8 Å². The Bertz CT molecular complexity index is 980. The van der Waals surface area contributed by atoms with Crippen LogP contribution in [0.5, 0.6) is 0 Å². The average Bonchev–Trinajstić information content (AvgIpc) is 3.21. The van der Waals surface area contributed by atoms with Gasteiger partial charge in [-0.3, -0.25) is 9.59 Å². The van der Waals surface area contributed by atoms with E-state index >= 15 is 0 Å². The fourth-order valence-electron chi connectivity index (χ4n) is 2.57. The lowest BCUT2D eigenvalue weighted by molar-refractivity contribution is -0.116. The van der Waals surface area contributed by atoms with Crippen LogP contribution in [0, 0.1) is 0 Å². The van der Waals surface area contributed by atoms with Gasteiger partial charge in [-0.15, -0.1) is 0 Å². The molecule has 5 N–H and O–H groups in total. The van der Waals surface area contributed by atoms with Crippen LogP contribution in [0.1, 0.15) is 17.8 Å². The van der Waals surface area contributed by atoms with E-state index in [4.69, 9.17) is 5.73 Å². The summed E-state index contributed by atoms with van der Waals surface area (Å²) < 4.78 is 0. The highest BCUT2D eigenvalue weighted by molar-refractivity contribution is 6.03. The number of aromatic amines is 1. The first-order valence-electron chi connectivity index (χ1n) is 8.82. The molecule has 0 unspecified atom stereocenters. The summed E-state index contributed by atoms with van der Waals surface area (Å²) >= 11 is 0. The Morgan fingerprint density at radius 3 is 2.75 bits per heavy atom. The van der Waals surface area contributed by atoms with E-state index in [1.54, 1.807) is 54.9 Å². The number of benzene rings is 2. The van der Waals surface area contributed by atoms with Gasteiger partial charge in [-0.2, -0.15) is 0 Å². The van der Waals surface area contributed by atoms with Crippen LogP contribution in [0.25, 0.3) is 6.08 Å². The third kappa shape index (κ3) is 5.57. The van der Waals surface area contributed by atoms with Crippen molar-refractivity contribution in [3.63, 3.8) is 0 Å². The maximum atomic E-state index is 12.1. The molecule has 0 radical (unpaired) electrons. The maximum absolute atomic E-state index is 12.1. The van der Waals surface area contributed by atoms with Crippen molar-refractivity contribution in [3.05, 3.63) is 78.4 Å². The zero-order valence-corrected chi connectivity index (χ0v) is 15.2. The lowest BCUT2D eigenvalue weighted by atomic mass is 10.1. The van der Waals surface area contributed by atoms with Crippen LogP contribution in [-0.2, 0) is 16.0 Å². The van der Waals surface area contributed by atoms with Crippen LogP contribution in [0.15, 0.2) is 67.0 Å². The number of hydrogen-bond donors (Lipinski definition) is 4. The Kier molecular flexibility index (Phi) is 6.20. The van der Waals surface area contributed by atoms with Gasteiger partial charge >= 0.3 is 0 Å². The topological polar surface area (TPSA) is 113 Å². The lowest BCUT2D eigenvalue weighted by Gasteiger charge is -2.06. The number of hydrogen-bond acceptors (Lipinski definition) is 4. The van der Waals surface area contributed by atoms with Gasteiger partial charge in [-0.1, -0.05) is 24.3 Å². The number of amides is 2. The Morgan fingerprint density at radius 1 is 1.11 bits per heavy atom. The molecule has 3 aromatic rings. The molecule has 0 saturated heterocycles. The summed E-state index contributed by atoms with van der Waals surface area (Å²) in [6.45, 7) is 0. The minimum Gasteiger partial charge on any atom is -0.397 e. The number of nitrogens with zero attached hydrogens (tertiary/aromatic N) is 1. The van der Waals surface area contributed by atoms with E-state index < -0.39 is 0 Å². The number of rotatable bonds is 7. The minimum atomic E-state index is -0.286. The zero-order chi connectivity index (χ0) is 19.8. The molecular formula is C21H21N5O2. The van der Waals surface area contributed by atoms with Crippen LogP contribution >= 0.6 is 0 Å². The zero-order valence-electron chi connectivity index (χ0n) is 15.2. The van der Waals surface area contributed by atoms with Crippen LogP contribution in [0.4, 0.5) is 17.1 Å². The molecule has 0 aliphatic carbocycles. The van der Waals surface area contributed by atoms with E-state index in [9.17, 15) is 9.59 Å². The standard InChI is InChI=1S/C21H21N5O2/c22-17-6-1-2-7-18(17)26-21(28)10-8-15-4-3-5-16(14-15)25-20(27)11-9-19-23-12-13-24-19/h1-8,10,12-14H,9,11,22H2,(H,23,24)(H,25,27)(H,26,28). The molecule has 2 aromatic carbocycles. The SMILES string of the molecule is Nc1ccccc1NC(=O)C=Cc1cccc(NC(=O)CCc2ncc[nH]2)c1. The molecule has 7 nitrogen and oxygen atoms in total. The molecule has 28 heavy (non-hydrogen) atoms. The maximum Gasteiger partial charge on any atom is 0.248 e. The van der Waals surface area contributed by atoms with E-state index in [1.807, 2.05) is 12.1 Å². The Labute approximate surface area is 162 Å². The number of carbonyl (C=O) groups is 2. The Hall–Kier alpha value is -3.87. The smallest absolute Gasteiger partial charge is 0.248 e. The summed E-state index contributed by atoms with van der Waals surface area (Å²) in [4.78, 5) is 31.2. The first-order valence-corrected chi connectivity index (χ1v) is 8.82. The van der Waals surface area contributed by atoms with Crippen LogP contribution in [0.2, 0.25) is 0 Å². The van der Waals surface area contributed by atoms with Crippen LogP contribution in [0.3, 0.4) is 0 Å². The van der Waals surface area contributed by atoms with Crippen molar-refractivity contribution >= 4 is 35.0 Å². The van der Waals surface area contributed by atoms with Crippen molar-refractivity contribution in [1.29, 1.82) is 0 Å². The molecule has 0 bridgehead atoms. The van der Waals surface area contributed by atoms with Crippen molar-refractivity contribution in [2.45, 2.75) is 12.8 Å². The second-order valence-electron chi connectivity index (χ2n) is 6.12. The van der Waals surface area contributed by atoms with Crippen molar-refractivity contribution < 1.29 is 9.59 Å². The number of aromatic nitrogens is 2. The van der Waals surface area contributed by atoms with E-state index in [0.29, 0.717) is 29.9 Å². The van der Waals surface area contributed by atoms with Crippen molar-refractivity contribution in [2.75, 3.05) is 16.4 Å². The summed E-state index contributed by atoms with van der Waals surface area (Å²) in [7, 11) is 0. The van der Waals surface area contributed by atoms with Crippen LogP contribution < -0.4 is 16.4 Å². The molecule has 0 saturated carbocycles. The van der Waals surface area contributed by atoms with Gasteiger partial charge in [-0.25, -0.2) is 4.98 Å². The van der Waals surface area contributed by atoms with Gasteiger partial charge < -0.3 is 21.4 Å². The summed E-state index contributed by atoms with van der Waals surface area (Å²) in [5.74, 6) is 0.387. The predicted molar refractivity (Wildman–Crippen MR) is 110 cm³/mol. The summed E-state index contributed by atoms with van der Waals surface area (Å²) in [6, 6.07) is 14.3. The number of imidazole rings is 1. The lowest BCUT2D eigenvalue weighted by Crippen LogP contribution is -2.12. The first kappa shape index (κ1) is 18.9. The number of carbonyl (C=O) groups excluding carboxylic acids is 2. The van der Waals surface area contributed by atoms with Gasteiger partial charge in [0.2, 0.25) is 11.8 Å². The molecule has 1 aromatic heterocycles. The molecule has 3 rings (SSSR count). The molecular weight excluding hydrogens is 354 g/mol. The van der Waals surface area contributed by atoms with Gasteiger partial charge in [0.05, 0.1) is 11.4 Å². The highest BCUT2D eigenvalue weighted by Gasteiger charge is 2.05. The monoisotopic (exact) mass is 375 g/mol. The molecule has 1 heterocycles. The first-order chi connectivity index (χ1) is 13.6. The molecule has 0 aliphatic heterocycles. The fraction of sp³-hybridized carbons (Fsp3) is 0.0952. The molecule has 142 valence electrons.